The van der Waals surface area contributed by atoms with Gasteiger partial charge in [0.05, 0.1) is 5.69 Å². The van der Waals surface area contributed by atoms with Gasteiger partial charge in [-0.25, -0.2) is 9.97 Å². The van der Waals surface area contributed by atoms with E-state index in [0.717, 1.165) is 59.5 Å². The first-order valence-electron chi connectivity index (χ1n) is 11.5. The minimum absolute atomic E-state index is 0.0210. The van der Waals surface area contributed by atoms with Crippen molar-refractivity contribution in [3.8, 4) is 22.6 Å². The quantitative estimate of drug-likeness (QED) is 0.382. The Balaban J connectivity index is 1.73. The fourth-order valence-electron chi connectivity index (χ4n) is 4.43. The van der Waals surface area contributed by atoms with Crippen LogP contribution in [0.2, 0.25) is 0 Å². The number of aryl methyl sites for hydroxylation is 2. The van der Waals surface area contributed by atoms with Crippen LogP contribution in [-0.2, 0) is 13.1 Å². The van der Waals surface area contributed by atoms with Gasteiger partial charge in [-0.3, -0.25) is 4.79 Å². The molecule has 0 radical (unpaired) electrons. The molecule has 1 aliphatic carbocycles. The summed E-state index contributed by atoms with van der Waals surface area (Å²) in [5, 5.41) is 4.17. The molecule has 6 nitrogen and oxygen atoms in total. The Morgan fingerprint density at radius 1 is 1.24 bits per heavy atom. The van der Waals surface area contributed by atoms with E-state index in [9.17, 15) is 4.79 Å². The minimum atomic E-state index is -0.0210. The fourth-order valence-corrected chi connectivity index (χ4v) is 4.43. The van der Waals surface area contributed by atoms with Crippen LogP contribution in [0.3, 0.4) is 0 Å². The summed E-state index contributed by atoms with van der Waals surface area (Å²) in [4.78, 5) is 26.2. The summed E-state index contributed by atoms with van der Waals surface area (Å²) in [6.45, 7) is 7.27. The lowest BCUT2D eigenvalue weighted by atomic mass is 10.0. The third kappa shape index (κ3) is 4.02. The number of aromatic nitrogens is 4. The first kappa shape index (κ1) is 21.3. The summed E-state index contributed by atoms with van der Waals surface area (Å²) >= 11 is 0. The SMILES string of the molecule is C=CCCn1cc(-c2cc(C3CC3)nc(-c3cccc(C)c3CNC)n2)c2cc[nH]c2c1=O. The molecule has 0 bridgehead atoms. The molecular formula is C27H29N5O. The van der Waals surface area contributed by atoms with Gasteiger partial charge in [-0.15, -0.1) is 6.58 Å². The minimum Gasteiger partial charge on any atom is -0.357 e. The van der Waals surface area contributed by atoms with Crippen molar-refractivity contribution in [2.45, 2.75) is 45.2 Å². The number of aromatic amines is 1. The number of allylic oxidation sites excluding steroid dienone is 1. The van der Waals surface area contributed by atoms with Crippen molar-refractivity contribution in [2.75, 3.05) is 7.05 Å². The highest BCUT2D eigenvalue weighted by Crippen LogP contribution is 2.41. The molecule has 3 aromatic heterocycles. The number of benzene rings is 1. The molecule has 0 aliphatic heterocycles. The molecule has 3 heterocycles. The van der Waals surface area contributed by atoms with Crippen molar-refractivity contribution in [3.05, 3.63) is 82.6 Å². The topological polar surface area (TPSA) is 75.6 Å². The molecule has 0 unspecified atom stereocenters. The van der Waals surface area contributed by atoms with Crippen LogP contribution in [0.25, 0.3) is 33.5 Å². The monoisotopic (exact) mass is 439 g/mol. The molecule has 1 fully saturated rings. The third-order valence-electron chi connectivity index (χ3n) is 6.39. The Morgan fingerprint density at radius 3 is 2.85 bits per heavy atom. The van der Waals surface area contributed by atoms with Gasteiger partial charge in [-0.1, -0.05) is 24.3 Å². The van der Waals surface area contributed by atoms with Crippen LogP contribution in [0.15, 0.2) is 60.2 Å². The van der Waals surface area contributed by atoms with Gasteiger partial charge in [0, 0.05) is 53.6 Å². The highest BCUT2D eigenvalue weighted by Gasteiger charge is 2.27. The van der Waals surface area contributed by atoms with Crippen LogP contribution in [0.4, 0.5) is 0 Å². The van der Waals surface area contributed by atoms with Crippen LogP contribution in [0.1, 0.15) is 42.0 Å². The van der Waals surface area contributed by atoms with Crippen molar-refractivity contribution in [2.24, 2.45) is 0 Å². The average molecular weight is 440 g/mol. The highest BCUT2D eigenvalue weighted by molar-refractivity contribution is 5.93. The third-order valence-corrected chi connectivity index (χ3v) is 6.39. The van der Waals surface area contributed by atoms with Gasteiger partial charge in [0.2, 0.25) is 0 Å². The molecule has 2 N–H and O–H groups in total. The molecule has 5 rings (SSSR count). The van der Waals surface area contributed by atoms with Gasteiger partial charge in [-0.2, -0.15) is 0 Å². The van der Waals surface area contributed by atoms with Crippen molar-refractivity contribution < 1.29 is 0 Å². The Kier molecular flexibility index (Phi) is 5.68. The number of H-pyrrole nitrogens is 1. The van der Waals surface area contributed by atoms with Crippen molar-refractivity contribution in [3.63, 3.8) is 0 Å². The molecule has 1 saturated carbocycles. The van der Waals surface area contributed by atoms with Crippen molar-refractivity contribution in [1.29, 1.82) is 0 Å². The number of hydrogen-bond acceptors (Lipinski definition) is 4. The maximum atomic E-state index is 13.0. The van der Waals surface area contributed by atoms with Gasteiger partial charge >= 0.3 is 0 Å². The normalized spacial score (nSPS) is 13.5. The molecule has 4 aromatic rings. The molecule has 6 heteroatoms. The summed E-state index contributed by atoms with van der Waals surface area (Å²) in [6.07, 6.45) is 8.64. The summed E-state index contributed by atoms with van der Waals surface area (Å²) < 4.78 is 1.76. The molecule has 1 aliphatic rings. The van der Waals surface area contributed by atoms with Crippen LogP contribution < -0.4 is 10.9 Å². The molecule has 0 atom stereocenters. The highest BCUT2D eigenvalue weighted by atomic mass is 16.1. The number of hydrogen-bond donors (Lipinski definition) is 2. The molecule has 1 aromatic carbocycles. The van der Waals surface area contributed by atoms with E-state index in [0.29, 0.717) is 18.0 Å². The Labute approximate surface area is 193 Å². The molecule has 168 valence electrons. The average Bonchev–Trinajstić information content (AvgIpc) is 3.56. The molecule has 0 saturated heterocycles. The first-order valence-corrected chi connectivity index (χ1v) is 11.5. The van der Waals surface area contributed by atoms with Gasteiger partial charge in [0.25, 0.3) is 5.56 Å². The number of rotatable bonds is 8. The van der Waals surface area contributed by atoms with E-state index in [1.165, 1.54) is 11.1 Å². The van der Waals surface area contributed by atoms with Crippen LogP contribution in [0, 0.1) is 6.92 Å². The second-order valence-corrected chi connectivity index (χ2v) is 8.79. The van der Waals surface area contributed by atoms with E-state index in [1.54, 1.807) is 4.57 Å². The van der Waals surface area contributed by atoms with E-state index < -0.39 is 0 Å². The van der Waals surface area contributed by atoms with E-state index >= 15 is 0 Å². The second-order valence-electron chi connectivity index (χ2n) is 8.79. The zero-order valence-corrected chi connectivity index (χ0v) is 19.2. The zero-order chi connectivity index (χ0) is 22.9. The summed E-state index contributed by atoms with van der Waals surface area (Å²) in [5.74, 6) is 1.23. The number of nitrogens with zero attached hydrogens (tertiary/aromatic N) is 3. The molecule has 0 amide bonds. The fraction of sp³-hybridized carbons (Fsp3) is 0.296. The standard InChI is InChI=1S/C27H29N5O/c1-4-5-13-32-16-22(19-11-12-29-25(19)27(32)33)24-14-23(18-9-10-18)30-26(31-24)20-8-6-7-17(2)21(20)15-28-3/h4,6-8,11-12,14,16,18,28-29H,1,5,9-10,13,15H2,2-3H3. The Bertz CT molecular complexity index is 1390. The lowest BCUT2D eigenvalue weighted by Crippen LogP contribution is -2.20. The number of nitrogens with one attached hydrogen (secondary N) is 2. The van der Waals surface area contributed by atoms with Gasteiger partial charge in [0.1, 0.15) is 5.52 Å². The zero-order valence-electron chi connectivity index (χ0n) is 19.2. The largest absolute Gasteiger partial charge is 0.357 e. The summed E-state index contributed by atoms with van der Waals surface area (Å²) in [7, 11) is 1.96. The van der Waals surface area contributed by atoms with E-state index in [1.807, 2.05) is 31.6 Å². The summed E-state index contributed by atoms with van der Waals surface area (Å²) in [5.41, 5.74) is 6.96. The summed E-state index contributed by atoms with van der Waals surface area (Å²) in [6, 6.07) is 10.4. The van der Waals surface area contributed by atoms with E-state index in [4.69, 9.17) is 9.97 Å². The maximum Gasteiger partial charge on any atom is 0.274 e. The van der Waals surface area contributed by atoms with Crippen molar-refractivity contribution in [1.82, 2.24) is 24.8 Å². The van der Waals surface area contributed by atoms with Crippen molar-refractivity contribution >= 4 is 10.9 Å². The molecule has 33 heavy (non-hydrogen) atoms. The van der Waals surface area contributed by atoms with Gasteiger partial charge in [-0.05, 0) is 56.5 Å². The number of fused-ring (bicyclic) bond motifs is 1. The Morgan fingerprint density at radius 2 is 2.09 bits per heavy atom. The predicted molar refractivity (Wildman–Crippen MR) is 133 cm³/mol. The van der Waals surface area contributed by atoms with Crippen LogP contribution in [-0.4, -0.2) is 26.6 Å². The van der Waals surface area contributed by atoms with E-state index in [-0.39, 0.29) is 5.56 Å². The second kappa shape index (κ2) is 8.79. The lowest BCUT2D eigenvalue weighted by molar-refractivity contribution is 0.687. The lowest BCUT2D eigenvalue weighted by Gasteiger charge is -2.15. The molecular weight excluding hydrogens is 410 g/mol. The number of pyridine rings is 1. The Hall–Kier alpha value is -3.51. The van der Waals surface area contributed by atoms with Gasteiger partial charge < -0.3 is 14.9 Å². The predicted octanol–water partition coefficient (Wildman–Crippen LogP) is 4.93. The van der Waals surface area contributed by atoms with Crippen LogP contribution >= 0.6 is 0 Å². The maximum absolute atomic E-state index is 13.0. The van der Waals surface area contributed by atoms with Crippen LogP contribution in [0.5, 0.6) is 0 Å². The van der Waals surface area contributed by atoms with Gasteiger partial charge in [0.15, 0.2) is 5.82 Å². The smallest absolute Gasteiger partial charge is 0.274 e. The van der Waals surface area contributed by atoms with E-state index in [2.05, 4.69) is 48.1 Å². The molecule has 0 spiro atoms. The first-order chi connectivity index (χ1) is 16.1.